The molecule has 2 unspecified atom stereocenters. The number of benzene rings is 1. The summed E-state index contributed by atoms with van der Waals surface area (Å²) in [6.45, 7) is 4.23. The van der Waals surface area contributed by atoms with Crippen molar-refractivity contribution in [2.24, 2.45) is 0 Å². The Morgan fingerprint density at radius 1 is 1.50 bits per heavy atom. The van der Waals surface area contributed by atoms with E-state index in [0.717, 1.165) is 18.7 Å². The molecule has 0 bridgehead atoms. The third kappa shape index (κ3) is 3.02. The second kappa shape index (κ2) is 6.00. The van der Waals surface area contributed by atoms with E-state index in [2.05, 4.69) is 17.1 Å². The molecule has 0 radical (unpaired) electrons. The summed E-state index contributed by atoms with van der Waals surface area (Å²) in [5.41, 5.74) is 1.01. The van der Waals surface area contributed by atoms with Crippen molar-refractivity contribution in [3.05, 3.63) is 34.6 Å². The molecule has 1 saturated heterocycles. The molecule has 1 aromatic carbocycles. The van der Waals surface area contributed by atoms with Crippen molar-refractivity contribution < 1.29 is 4.39 Å². The third-order valence-corrected chi connectivity index (χ3v) is 4.15. The van der Waals surface area contributed by atoms with Gasteiger partial charge in [-0.1, -0.05) is 17.7 Å². The Kier molecular flexibility index (Phi) is 4.60. The van der Waals surface area contributed by atoms with Crippen molar-refractivity contribution in [3.63, 3.8) is 0 Å². The summed E-state index contributed by atoms with van der Waals surface area (Å²) >= 11 is 6.13. The lowest BCUT2D eigenvalue weighted by atomic mass is 10.0. The van der Waals surface area contributed by atoms with E-state index in [4.69, 9.17) is 11.6 Å². The van der Waals surface area contributed by atoms with Gasteiger partial charge in [0.15, 0.2) is 0 Å². The Morgan fingerprint density at radius 3 is 2.94 bits per heavy atom. The van der Waals surface area contributed by atoms with Crippen LogP contribution in [0.4, 0.5) is 4.39 Å². The number of nitrogens with one attached hydrogen (secondary N) is 1. The summed E-state index contributed by atoms with van der Waals surface area (Å²) in [4.78, 5) is 2.41. The standard InChI is InChI=1S/C14H20ClFN2/c1-10(13-6-5-11(16)8-14(13)15)18-7-3-4-12(9-18)17-2/h5-6,8,10,12,17H,3-4,7,9H2,1-2H3. The van der Waals surface area contributed by atoms with E-state index in [9.17, 15) is 4.39 Å². The summed E-state index contributed by atoms with van der Waals surface area (Å²) in [5, 5.41) is 3.85. The van der Waals surface area contributed by atoms with Crippen LogP contribution in [0.3, 0.4) is 0 Å². The molecule has 0 amide bonds. The van der Waals surface area contributed by atoms with Gasteiger partial charge in [-0.15, -0.1) is 0 Å². The van der Waals surface area contributed by atoms with Crippen LogP contribution >= 0.6 is 11.6 Å². The van der Waals surface area contributed by atoms with E-state index in [1.54, 1.807) is 6.07 Å². The van der Waals surface area contributed by atoms with Gasteiger partial charge in [-0.2, -0.15) is 0 Å². The summed E-state index contributed by atoms with van der Waals surface area (Å²) in [5.74, 6) is -0.275. The van der Waals surface area contributed by atoms with Gasteiger partial charge in [0.2, 0.25) is 0 Å². The third-order valence-electron chi connectivity index (χ3n) is 3.82. The molecule has 1 aromatic rings. The first kappa shape index (κ1) is 13.8. The molecular weight excluding hydrogens is 251 g/mol. The van der Waals surface area contributed by atoms with Crippen molar-refractivity contribution >= 4 is 11.6 Å². The zero-order valence-corrected chi connectivity index (χ0v) is 11.7. The summed E-state index contributed by atoms with van der Waals surface area (Å²) in [6, 6.07) is 5.45. The second-order valence-electron chi connectivity index (χ2n) is 4.96. The highest BCUT2D eigenvalue weighted by molar-refractivity contribution is 6.31. The molecule has 0 aromatic heterocycles. The van der Waals surface area contributed by atoms with Gasteiger partial charge < -0.3 is 5.32 Å². The van der Waals surface area contributed by atoms with Gasteiger partial charge >= 0.3 is 0 Å². The Labute approximate surface area is 113 Å². The summed E-state index contributed by atoms with van der Waals surface area (Å²) in [7, 11) is 2.00. The first-order chi connectivity index (χ1) is 8.61. The molecule has 2 atom stereocenters. The highest BCUT2D eigenvalue weighted by atomic mass is 35.5. The molecule has 1 aliphatic rings. The molecular formula is C14H20ClFN2. The second-order valence-corrected chi connectivity index (χ2v) is 5.37. The fourth-order valence-electron chi connectivity index (χ4n) is 2.63. The molecule has 0 spiro atoms. The minimum atomic E-state index is -0.275. The van der Waals surface area contributed by atoms with Crippen LogP contribution < -0.4 is 5.32 Å². The number of piperidine rings is 1. The molecule has 1 N–H and O–H groups in total. The van der Waals surface area contributed by atoms with E-state index in [-0.39, 0.29) is 11.9 Å². The van der Waals surface area contributed by atoms with Crippen molar-refractivity contribution in [1.82, 2.24) is 10.2 Å². The van der Waals surface area contributed by atoms with Crippen molar-refractivity contribution in [1.29, 1.82) is 0 Å². The molecule has 1 aliphatic heterocycles. The number of nitrogens with zero attached hydrogens (tertiary/aromatic N) is 1. The molecule has 100 valence electrons. The summed E-state index contributed by atoms with van der Waals surface area (Å²) < 4.78 is 13.1. The van der Waals surface area contributed by atoms with E-state index >= 15 is 0 Å². The lowest BCUT2D eigenvalue weighted by Gasteiger charge is -2.37. The topological polar surface area (TPSA) is 15.3 Å². The van der Waals surface area contributed by atoms with Crippen LogP contribution in [0.1, 0.15) is 31.4 Å². The maximum atomic E-state index is 13.1. The van der Waals surface area contributed by atoms with Gasteiger partial charge in [0, 0.05) is 23.7 Å². The average Bonchev–Trinajstić information content (AvgIpc) is 2.38. The maximum absolute atomic E-state index is 13.1. The molecule has 0 saturated carbocycles. The smallest absolute Gasteiger partial charge is 0.124 e. The summed E-state index contributed by atoms with van der Waals surface area (Å²) in [6.07, 6.45) is 2.41. The normalized spacial score (nSPS) is 23.0. The lowest BCUT2D eigenvalue weighted by molar-refractivity contribution is 0.149. The van der Waals surface area contributed by atoms with Crippen LogP contribution in [0.5, 0.6) is 0 Å². The SMILES string of the molecule is CNC1CCCN(C(C)c2ccc(F)cc2Cl)C1. The first-order valence-corrected chi connectivity index (χ1v) is 6.86. The largest absolute Gasteiger partial charge is 0.316 e. The number of hydrogen-bond acceptors (Lipinski definition) is 2. The first-order valence-electron chi connectivity index (χ1n) is 6.48. The number of likely N-dealkylation sites (tertiary alicyclic amines) is 1. The molecule has 1 fully saturated rings. The number of hydrogen-bond donors (Lipinski definition) is 1. The van der Waals surface area contributed by atoms with Crippen LogP contribution in [-0.4, -0.2) is 31.1 Å². The van der Waals surface area contributed by atoms with E-state index in [1.165, 1.54) is 25.0 Å². The van der Waals surface area contributed by atoms with Crippen LogP contribution in [0, 0.1) is 5.82 Å². The quantitative estimate of drug-likeness (QED) is 0.907. The zero-order chi connectivity index (χ0) is 13.1. The monoisotopic (exact) mass is 270 g/mol. The zero-order valence-electron chi connectivity index (χ0n) is 10.9. The molecule has 2 nitrogen and oxygen atoms in total. The van der Waals surface area contributed by atoms with Gasteiger partial charge in [-0.25, -0.2) is 4.39 Å². The number of likely N-dealkylation sites (N-methyl/N-ethyl adjacent to an activating group) is 1. The van der Waals surface area contributed by atoms with Gasteiger partial charge in [-0.05, 0) is 51.1 Å². The fourth-order valence-corrected chi connectivity index (χ4v) is 2.96. The highest BCUT2D eigenvalue weighted by Crippen LogP contribution is 2.29. The highest BCUT2D eigenvalue weighted by Gasteiger charge is 2.24. The Morgan fingerprint density at radius 2 is 2.28 bits per heavy atom. The molecule has 1 heterocycles. The van der Waals surface area contributed by atoms with Crippen molar-refractivity contribution in [2.75, 3.05) is 20.1 Å². The Balaban J connectivity index is 2.12. The van der Waals surface area contributed by atoms with E-state index in [0.29, 0.717) is 11.1 Å². The number of halogens is 2. The van der Waals surface area contributed by atoms with Gasteiger partial charge in [0.25, 0.3) is 0 Å². The molecule has 2 rings (SSSR count). The minimum absolute atomic E-state index is 0.231. The molecule has 4 heteroatoms. The minimum Gasteiger partial charge on any atom is -0.316 e. The van der Waals surface area contributed by atoms with Crippen LogP contribution in [0.15, 0.2) is 18.2 Å². The predicted octanol–water partition coefficient (Wildman–Crippen LogP) is 3.22. The maximum Gasteiger partial charge on any atom is 0.124 e. The molecule has 0 aliphatic carbocycles. The Bertz CT molecular complexity index is 411. The molecule has 18 heavy (non-hydrogen) atoms. The van der Waals surface area contributed by atoms with Crippen molar-refractivity contribution in [2.45, 2.75) is 31.8 Å². The van der Waals surface area contributed by atoms with E-state index < -0.39 is 0 Å². The predicted molar refractivity (Wildman–Crippen MR) is 73.5 cm³/mol. The number of rotatable bonds is 3. The average molecular weight is 271 g/mol. The van der Waals surface area contributed by atoms with Crippen LogP contribution in [0.2, 0.25) is 5.02 Å². The Hall–Kier alpha value is -0.640. The lowest BCUT2D eigenvalue weighted by Crippen LogP contribution is -2.45. The van der Waals surface area contributed by atoms with Gasteiger partial charge in [0.05, 0.1) is 0 Å². The van der Waals surface area contributed by atoms with Crippen molar-refractivity contribution in [3.8, 4) is 0 Å². The van der Waals surface area contributed by atoms with Gasteiger partial charge in [-0.3, -0.25) is 4.90 Å². The van der Waals surface area contributed by atoms with Crippen LogP contribution in [0.25, 0.3) is 0 Å². The van der Waals surface area contributed by atoms with E-state index in [1.807, 2.05) is 7.05 Å². The fraction of sp³-hybridized carbons (Fsp3) is 0.571. The van der Waals surface area contributed by atoms with Gasteiger partial charge in [0.1, 0.15) is 5.82 Å². The van der Waals surface area contributed by atoms with Crippen LogP contribution in [-0.2, 0) is 0 Å².